The number of rotatable bonds is 9. The predicted octanol–water partition coefficient (Wildman–Crippen LogP) is 8.26. The van der Waals surface area contributed by atoms with Crippen molar-refractivity contribution >= 4 is 28.3 Å². The van der Waals surface area contributed by atoms with Crippen molar-refractivity contribution in [3.05, 3.63) is 96.6 Å². The molecule has 2 aliphatic rings. The monoisotopic (exact) mass is 575 g/mol. The quantitative estimate of drug-likeness (QED) is 0.179. The van der Waals surface area contributed by atoms with E-state index in [9.17, 15) is 4.79 Å². The van der Waals surface area contributed by atoms with Crippen LogP contribution in [0.2, 0.25) is 0 Å². The van der Waals surface area contributed by atoms with Gasteiger partial charge in [-0.25, -0.2) is 0 Å². The summed E-state index contributed by atoms with van der Waals surface area (Å²) >= 11 is 1.42. The molecule has 1 unspecified atom stereocenters. The number of thioether (sulfide) groups is 1. The maximum atomic E-state index is 11.6. The third-order valence-corrected chi connectivity index (χ3v) is 8.41. The van der Waals surface area contributed by atoms with Crippen LogP contribution in [0.25, 0.3) is 0 Å². The molecule has 0 spiro atoms. The molecule has 1 atom stereocenters. The van der Waals surface area contributed by atoms with Crippen LogP contribution < -0.4 is 4.90 Å². The van der Waals surface area contributed by atoms with Crippen molar-refractivity contribution in [2.75, 3.05) is 31.1 Å². The van der Waals surface area contributed by atoms with E-state index >= 15 is 0 Å². The summed E-state index contributed by atoms with van der Waals surface area (Å²) in [6.07, 6.45) is 6.36. The van der Waals surface area contributed by atoms with Gasteiger partial charge < -0.3 is 14.9 Å². The van der Waals surface area contributed by atoms with Gasteiger partial charge in [-0.2, -0.15) is 0 Å². The van der Waals surface area contributed by atoms with Crippen LogP contribution in [-0.2, 0) is 17.6 Å². The molecule has 2 aliphatic heterocycles. The molecule has 2 N–H and O–H groups in total. The van der Waals surface area contributed by atoms with Gasteiger partial charge in [0, 0.05) is 30.4 Å². The van der Waals surface area contributed by atoms with Gasteiger partial charge in [-0.15, -0.1) is 13.2 Å². The first-order valence-corrected chi connectivity index (χ1v) is 15.4. The number of phenols is 1. The summed E-state index contributed by atoms with van der Waals surface area (Å²) in [7, 11) is 0. The first-order valence-electron chi connectivity index (χ1n) is 14.6. The molecule has 2 aromatic rings. The van der Waals surface area contributed by atoms with Gasteiger partial charge in [0.1, 0.15) is 11.5 Å². The van der Waals surface area contributed by atoms with Gasteiger partial charge in [0.15, 0.2) is 0 Å². The molecule has 5 nitrogen and oxygen atoms in total. The largest absolute Gasteiger partial charge is 0.508 e. The van der Waals surface area contributed by atoms with Gasteiger partial charge in [-0.3, -0.25) is 10.2 Å². The number of nitrogens with zero attached hydrogens (tertiary/aromatic N) is 2. The molecule has 0 amide bonds. The Kier molecular flexibility index (Phi) is 14.7. The molecule has 0 aliphatic carbocycles. The SMILES string of the molecule is C=C.C=C(CCc1ccc(O)cc1)SC(C)=N.C=C1CC(C(C)=O)CN1c1ccc(CCN2CCC(C)CC2)cc1. The first-order chi connectivity index (χ1) is 19.6. The van der Waals surface area contributed by atoms with Crippen molar-refractivity contribution in [3.8, 4) is 5.75 Å². The maximum absolute atomic E-state index is 11.6. The van der Waals surface area contributed by atoms with Gasteiger partial charge in [0.05, 0.1) is 5.04 Å². The minimum Gasteiger partial charge on any atom is -0.508 e. The molecular formula is C35H49N3O2S. The average molecular weight is 576 g/mol. The van der Waals surface area contributed by atoms with Gasteiger partial charge in [-0.1, -0.05) is 56.1 Å². The van der Waals surface area contributed by atoms with Gasteiger partial charge in [0.2, 0.25) is 0 Å². The fraction of sp³-hybridized carbons (Fsp3) is 0.429. The summed E-state index contributed by atoms with van der Waals surface area (Å²) < 4.78 is 0. The van der Waals surface area contributed by atoms with Crippen molar-refractivity contribution in [1.82, 2.24) is 4.90 Å². The zero-order chi connectivity index (χ0) is 30.4. The lowest BCUT2D eigenvalue weighted by atomic mass is 9.99. The number of Topliss-reactive ketones (excluding diaryl/α,β-unsaturated/α-hetero) is 1. The highest BCUT2D eigenvalue weighted by molar-refractivity contribution is 8.17. The van der Waals surface area contributed by atoms with Crippen LogP contribution >= 0.6 is 11.8 Å². The molecule has 2 heterocycles. The summed E-state index contributed by atoms with van der Waals surface area (Å²) in [5, 5.41) is 17.0. The number of anilines is 1. The number of likely N-dealkylation sites (tertiary alicyclic amines) is 1. The van der Waals surface area contributed by atoms with Crippen LogP contribution in [0.15, 0.2) is 85.4 Å². The lowest BCUT2D eigenvalue weighted by molar-refractivity contribution is -0.120. The first kappa shape index (κ1) is 34.1. The summed E-state index contributed by atoms with van der Waals surface area (Å²) in [5.74, 6) is 1.57. The average Bonchev–Trinajstić information content (AvgIpc) is 3.36. The Balaban J connectivity index is 0.000000298. The van der Waals surface area contributed by atoms with Crippen molar-refractivity contribution in [2.24, 2.45) is 11.8 Å². The van der Waals surface area contributed by atoms with E-state index in [1.807, 2.05) is 12.1 Å². The van der Waals surface area contributed by atoms with E-state index in [0.717, 1.165) is 55.3 Å². The number of hydrogen-bond donors (Lipinski definition) is 2. The molecule has 0 aromatic heterocycles. The zero-order valence-electron chi connectivity index (χ0n) is 25.3. The number of piperidine rings is 1. The lowest BCUT2D eigenvalue weighted by Crippen LogP contribution is -2.34. The number of allylic oxidation sites excluding steroid dienone is 2. The Morgan fingerprint density at radius 2 is 1.56 bits per heavy atom. The number of hydrogen-bond acceptors (Lipinski definition) is 6. The van der Waals surface area contributed by atoms with Gasteiger partial charge in [-0.05, 0) is 112 Å². The number of ketones is 1. The van der Waals surface area contributed by atoms with Crippen LogP contribution in [0.1, 0.15) is 57.6 Å². The molecule has 0 radical (unpaired) electrons. The number of carbonyl (C=O) groups is 1. The molecule has 0 saturated carbocycles. The Morgan fingerprint density at radius 3 is 2.10 bits per heavy atom. The second-order valence-corrected chi connectivity index (χ2v) is 12.4. The van der Waals surface area contributed by atoms with E-state index in [4.69, 9.17) is 10.5 Å². The van der Waals surface area contributed by atoms with E-state index < -0.39 is 0 Å². The molecule has 6 heteroatoms. The predicted molar refractivity (Wildman–Crippen MR) is 178 cm³/mol. The molecule has 2 aromatic carbocycles. The minimum atomic E-state index is 0.110. The highest BCUT2D eigenvalue weighted by Crippen LogP contribution is 2.31. The van der Waals surface area contributed by atoms with E-state index in [0.29, 0.717) is 10.8 Å². The summed E-state index contributed by atoms with van der Waals surface area (Å²) in [6, 6.07) is 16.0. The van der Waals surface area contributed by atoms with Crippen molar-refractivity contribution in [2.45, 2.75) is 59.3 Å². The lowest BCUT2D eigenvalue weighted by Gasteiger charge is -2.30. The Bertz CT molecular complexity index is 1140. The normalized spacial score (nSPS) is 17.2. The molecular weight excluding hydrogens is 526 g/mol. The van der Waals surface area contributed by atoms with Crippen molar-refractivity contribution in [1.29, 1.82) is 5.41 Å². The van der Waals surface area contributed by atoms with Crippen LogP contribution in [-0.4, -0.2) is 47.0 Å². The molecule has 222 valence electrons. The second-order valence-electron chi connectivity index (χ2n) is 11.0. The highest BCUT2D eigenvalue weighted by Gasteiger charge is 2.29. The second kappa shape index (κ2) is 17.7. The van der Waals surface area contributed by atoms with Crippen LogP contribution in [0.5, 0.6) is 5.75 Å². The molecule has 2 saturated heterocycles. The Morgan fingerprint density at radius 1 is 1.00 bits per heavy atom. The fourth-order valence-electron chi connectivity index (χ4n) is 5.00. The molecule has 0 bridgehead atoms. The highest BCUT2D eigenvalue weighted by atomic mass is 32.2. The van der Waals surface area contributed by atoms with E-state index in [1.165, 1.54) is 54.5 Å². The van der Waals surface area contributed by atoms with E-state index in [-0.39, 0.29) is 11.7 Å². The number of phenolic OH excluding ortho intramolecular Hbond substituents is 1. The van der Waals surface area contributed by atoms with Crippen LogP contribution in [0.3, 0.4) is 0 Å². The summed E-state index contributed by atoms with van der Waals surface area (Å²) in [4.78, 5) is 17.4. The van der Waals surface area contributed by atoms with Gasteiger partial charge >= 0.3 is 0 Å². The fourth-order valence-corrected chi connectivity index (χ4v) is 5.64. The smallest absolute Gasteiger partial charge is 0.135 e. The molecule has 41 heavy (non-hydrogen) atoms. The molecule has 2 fully saturated rings. The van der Waals surface area contributed by atoms with Crippen molar-refractivity contribution in [3.63, 3.8) is 0 Å². The minimum absolute atomic E-state index is 0.110. The summed E-state index contributed by atoms with van der Waals surface area (Å²) in [5.41, 5.74) is 4.80. The number of benzene rings is 2. The third-order valence-electron chi connectivity index (χ3n) is 7.61. The zero-order valence-corrected chi connectivity index (χ0v) is 26.1. The number of aromatic hydroxyl groups is 1. The summed E-state index contributed by atoms with van der Waals surface area (Å²) in [6.45, 7) is 24.3. The number of nitrogens with one attached hydrogen (secondary N) is 1. The van der Waals surface area contributed by atoms with E-state index in [2.05, 4.69) is 67.3 Å². The van der Waals surface area contributed by atoms with Gasteiger partial charge in [0.25, 0.3) is 0 Å². The third kappa shape index (κ3) is 12.1. The topological polar surface area (TPSA) is 67.6 Å². The Hall–Kier alpha value is -3.09. The molecule has 4 rings (SSSR count). The number of carbonyl (C=O) groups excluding carboxylic acids is 1. The van der Waals surface area contributed by atoms with Crippen LogP contribution in [0.4, 0.5) is 5.69 Å². The maximum Gasteiger partial charge on any atom is 0.135 e. The van der Waals surface area contributed by atoms with Crippen molar-refractivity contribution < 1.29 is 9.90 Å². The van der Waals surface area contributed by atoms with E-state index in [1.54, 1.807) is 26.0 Å². The number of aryl methyl sites for hydroxylation is 1. The standard InChI is InChI=1S/C21H30N2O.C12H15NOS.C2H4/c1-16-8-11-22(12-9-16)13-10-19-4-6-21(7-5-19)23-15-20(18(3)24)14-17(23)2;1-9(15-10(2)13)3-4-11-5-7-12(14)8-6-11;1-2/h4-7,16,20H,2,8-15H2,1,3H3;5-8,13-14H,1,3-4H2,2H3;1-2H2. The Labute approximate surface area is 252 Å². The van der Waals surface area contributed by atoms with Crippen LogP contribution in [0, 0.1) is 17.2 Å².